The number of anilines is 2. The molecular formula is C13H16N4O2S. The van der Waals surface area contributed by atoms with Crippen LogP contribution >= 0.6 is 11.3 Å². The molecule has 2 aromatic heterocycles. The van der Waals surface area contributed by atoms with E-state index in [1.807, 2.05) is 32.5 Å². The molecule has 0 aromatic carbocycles. The van der Waals surface area contributed by atoms with E-state index < -0.39 is 0 Å². The highest BCUT2D eigenvalue weighted by atomic mass is 32.1. The molecule has 0 bridgehead atoms. The van der Waals surface area contributed by atoms with Crippen LogP contribution in [0.15, 0.2) is 17.6 Å². The molecule has 2 rings (SSSR count). The molecule has 0 saturated carbocycles. The summed E-state index contributed by atoms with van der Waals surface area (Å²) >= 11 is 1.41. The van der Waals surface area contributed by atoms with E-state index in [1.165, 1.54) is 18.4 Å². The van der Waals surface area contributed by atoms with Gasteiger partial charge in [0, 0.05) is 14.1 Å². The number of aromatic nitrogens is 2. The van der Waals surface area contributed by atoms with Crippen molar-refractivity contribution in [1.82, 2.24) is 9.97 Å². The van der Waals surface area contributed by atoms with E-state index >= 15 is 0 Å². The first-order valence-corrected chi connectivity index (χ1v) is 6.84. The third kappa shape index (κ3) is 3.05. The van der Waals surface area contributed by atoms with Crippen molar-refractivity contribution in [2.24, 2.45) is 0 Å². The van der Waals surface area contributed by atoms with Crippen molar-refractivity contribution in [3.05, 3.63) is 28.1 Å². The van der Waals surface area contributed by atoms with E-state index in [2.05, 4.69) is 15.3 Å². The average Bonchev–Trinajstić information content (AvgIpc) is 2.85. The van der Waals surface area contributed by atoms with Gasteiger partial charge in [-0.25, -0.2) is 4.98 Å². The normalized spacial score (nSPS) is 10.2. The zero-order chi connectivity index (χ0) is 14.7. The predicted molar refractivity (Wildman–Crippen MR) is 79.9 cm³/mol. The van der Waals surface area contributed by atoms with Crippen molar-refractivity contribution in [2.75, 3.05) is 31.4 Å². The van der Waals surface area contributed by atoms with Gasteiger partial charge in [0.05, 0.1) is 18.2 Å². The fourth-order valence-electron chi connectivity index (χ4n) is 1.62. The molecule has 2 heterocycles. The lowest BCUT2D eigenvalue weighted by Gasteiger charge is -2.16. The minimum absolute atomic E-state index is 0.167. The number of hydrogen-bond donors (Lipinski definition) is 1. The number of ether oxygens (including phenoxy) is 1. The highest BCUT2D eigenvalue weighted by molar-refractivity contribution is 7.12. The number of amides is 1. The summed E-state index contributed by atoms with van der Waals surface area (Å²) in [6.45, 7) is 1.95. The molecule has 0 aliphatic carbocycles. The second kappa shape index (κ2) is 5.87. The summed E-state index contributed by atoms with van der Waals surface area (Å²) in [7, 11) is 5.18. The molecular weight excluding hydrogens is 276 g/mol. The van der Waals surface area contributed by atoms with Gasteiger partial charge in [-0.2, -0.15) is 4.98 Å². The number of carbonyl (C=O) groups is 1. The topological polar surface area (TPSA) is 67.3 Å². The molecule has 20 heavy (non-hydrogen) atoms. The smallest absolute Gasteiger partial charge is 0.318 e. The molecule has 1 N–H and O–H groups in total. The van der Waals surface area contributed by atoms with Gasteiger partial charge in [0.1, 0.15) is 5.69 Å². The zero-order valence-corrected chi connectivity index (χ0v) is 12.6. The van der Waals surface area contributed by atoms with E-state index in [0.717, 1.165) is 5.56 Å². The maximum Gasteiger partial charge on any atom is 0.318 e. The second-order valence-electron chi connectivity index (χ2n) is 4.43. The monoisotopic (exact) mass is 292 g/mol. The minimum atomic E-state index is -0.167. The lowest BCUT2D eigenvalue weighted by molar-refractivity contribution is 0.103. The van der Waals surface area contributed by atoms with E-state index in [0.29, 0.717) is 16.4 Å². The number of methoxy groups -OCH3 is 1. The fourth-order valence-corrected chi connectivity index (χ4v) is 2.41. The molecule has 2 aromatic rings. The summed E-state index contributed by atoms with van der Waals surface area (Å²) in [5.41, 5.74) is 1.62. The Bertz CT molecular complexity index is 625. The number of carbonyl (C=O) groups excluding carboxylic acids is 1. The first-order chi connectivity index (χ1) is 9.51. The molecule has 0 unspecified atom stereocenters. The maximum atomic E-state index is 12.2. The highest BCUT2D eigenvalue weighted by Crippen LogP contribution is 2.24. The average molecular weight is 292 g/mol. The van der Waals surface area contributed by atoms with E-state index in [9.17, 15) is 4.79 Å². The Kier molecular flexibility index (Phi) is 4.19. The standard InChI is InChI=1S/C13H16N4O2S/c1-8-5-10(20-7-8)12(18)15-9-6-14-13(19-4)16-11(9)17(2)3/h5-7H,1-4H3,(H,15,18). The lowest BCUT2D eigenvalue weighted by Crippen LogP contribution is -2.18. The van der Waals surface area contributed by atoms with Gasteiger partial charge in [0.2, 0.25) is 0 Å². The molecule has 0 saturated heterocycles. The van der Waals surface area contributed by atoms with Crippen LogP contribution in [0.25, 0.3) is 0 Å². The van der Waals surface area contributed by atoms with E-state index in [1.54, 1.807) is 11.1 Å². The van der Waals surface area contributed by atoms with Crippen molar-refractivity contribution in [2.45, 2.75) is 6.92 Å². The summed E-state index contributed by atoms with van der Waals surface area (Å²) in [5, 5.41) is 4.76. The van der Waals surface area contributed by atoms with Gasteiger partial charge in [0.15, 0.2) is 5.82 Å². The van der Waals surface area contributed by atoms with Gasteiger partial charge in [-0.3, -0.25) is 4.79 Å². The molecule has 0 spiro atoms. The Morgan fingerprint density at radius 1 is 1.45 bits per heavy atom. The Morgan fingerprint density at radius 2 is 2.20 bits per heavy atom. The summed E-state index contributed by atoms with van der Waals surface area (Å²) in [6.07, 6.45) is 1.54. The summed E-state index contributed by atoms with van der Waals surface area (Å²) in [5.74, 6) is 0.429. The van der Waals surface area contributed by atoms with Gasteiger partial charge in [-0.15, -0.1) is 11.3 Å². The Balaban J connectivity index is 2.26. The molecule has 1 amide bonds. The Labute approximate surface area is 121 Å². The molecule has 0 fully saturated rings. The second-order valence-corrected chi connectivity index (χ2v) is 5.34. The van der Waals surface area contributed by atoms with Crippen LogP contribution in [-0.2, 0) is 0 Å². The molecule has 0 aliphatic rings. The number of aryl methyl sites for hydroxylation is 1. The van der Waals surface area contributed by atoms with Crippen molar-refractivity contribution >= 4 is 28.7 Å². The number of hydrogen-bond acceptors (Lipinski definition) is 6. The molecule has 0 atom stereocenters. The van der Waals surface area contributed by atoms with Crippen LogP contribution in [0.5, 0.6) is 6.01 Å². The predicted octanol–water partition coefficient (Wildman–Crippen LogP) is 2.17. The number of thiophene rings is 1. The Morgan fingerprint density at radius 3 is 2.75 bits per heavy atom. The van der Waals surface area contributed by atoms with Crippen molar-refractivity contribution in [3.8, 4) is 6.01 Å². The van der Waals surface area contributed by atoms with Crippen molar-refractivity contribution in [1.29, 1.82) is 0 Å². The van der Waals surface area contributed by atoms with E-state index in [-0.39, 0.29) is 11.9 Å². The summed E-state index contributed by atoms with van der Waals surface area (Å²) < 4.78 is 4.99. The molecule has 0 aliphatic heterocycles. The fraction of sp³-hybridized carbons (Fsp3) is 0.308. The van der Waals surface area contributed by atoms with Crippen molar-refractivity contribution in [3.63, 3.8) is 0 Å². The van der Waals surface area contributed by atoms with Crippen molar-refractivity contribution < 1.29 is 9.53 Å². The number of nitrogens with zero attached hydrogens (tertiary/aromatic N) is 3. The summed E-state index contributed by atoms with van der Waals surface area (Å²) in [4.78, 5) is 22.8. The first kappa shape index (κ1) is 14.3. The van der Waals surface area contributed by atoms with Crippen LogP contribution in [0, 0.1) is 6.92 Å². The van der Waals surface area contributed by atoms with Crippen LogP contribution in [0.3, 0.4) is 0 Å². The van der Waals surface area contributed by atoms with Crippen LogP contribution in [-0.4, -0.2) is 37.1 Å². The molecule has 7 heteroatoms. The first-order valence-electron chi connectivity index (χ1n) is 5.96. The largest absolute Gasteiger partial charge is 0.467 e. The zero-order valence-electron chi connectivity index (χ0n) is 11.8. The molecule has 106 valence electrons. The van der Waals surface area contributed by atoms with Gasteiger partial charge >= 0.3 is 6.01 Å². The third-order valence-corrected chi connectivity index (χ3v) is 3.60. The SMILES string of the molecule is COc1ncc(NC(=O)c2cc(C)cs2)c(N(C)C)n1. The van der Waals surface area contributed by atoms with Crippen LogP contribution < -0.4 is 15.0 Å². The van der Waals surface area contributed by atoms with Gasteiger partial charge < -0.3 is 15.0 Å². The van der Waals surface area contributed by atoms with Crippen LogP contribution in [0.2, 0.25) is 0 Å². The number of nitrogens with one attached hydrogen (secondary N) is 1. The number of rotatable bonds is 4. The minimum Gasteiger partial charge on any atom is -0.467 e. The maximum absolute atomic E-state index is 12.2. The molecule has 6 nitrogen and oxygen atoms in total. The highest BCUT2D eigenvalue weighted by Gasteiger charge is 2.14. The van der Waals surface area contributed by atoms with Crippen LogP contribution in [0.1, 0.15) is 15.2 Å². The third-order valence-electron chi connectivity index (χ3n) is 2.56. The van der Waals surface area contributed by atoms with Crippen LogP contribution in [0.4, 0.5) is 11.5 Å². The van der Waals surface area contributed by atoms with Gasteiger partial charge in [-0.1, -0.05) is 0 Å². The molecule has 0 radical (unpaired) electrons. The summed E-state index contributed by atoms with van der Waals surface area (Å²) in [6, 6.07) is 2.11. The lowest BCUT2D eigenvalue weighted by atomic mass is 10.3. The quantitative estimate of drug-likeness (QED) is 0.935. The van der Waals surface area contributed by atoms with E-state index in [4.69, 9.17) is 4.74 Å². The Hall–Kier alpha value is -2.15. The van der Waals surface area contributed by atoms with Gasteiger partial charge in [0.25, 0.3) is 5.91 Å². The van der Waals surface area contributed by atoms with Gasteiger partial charge in [-0.05, 0) is 23.9 Å².